The Kier molecular flexibility index (Phi) is 6.44. The van der Waals surface area contributed by atoms with Gasteiger partial charge in [-0.15, -0.1) is 0 Å². The van der Waals surface area contributed by atoms with Crippen molar-refractivity contribution in [3.63, 3.8) is 0 Å². The zero-order valence-corrected chi connectivity index (χ0v) is 9.63. The standard InChI is InChI=1S/C8H19N3OSi/c1-13(2,3)5-4-12-8-11-7-10-6-9/h6-7H,4-5,8H2,1-3H3,(H2,9,10,11). The van der Waals surface area contributed by atoms with Gasteiger partial charge in [-0.25, -0.2) is 4.99 Å². The van der Waals surface area contributed by atoms with Crippen molar-refractivity contribution in [1.29, 1.82) is 5.41 Å². The second-order valence-electron chi connectivity index (χ2n) is 3.97. The van der Waals surface area contributed by atoms with Gasteiger partial charge in [0.2, 0.25) is 0 Å². The molecule has 0 aliphatic carbocycles. The summed E-state index contributed by atoms with van der Waals surface area (Å²) < 4.78 is 5.28. The van der Waals surface area contributed by atoms with Crippen LogP contribution in [0.4, 0.5) is 0 Å². The van der Waals surface area contributed by atoms with E-state index in [2.05, 4.69) is 30.0 Å². The molecule has 2 N–H and O–H groups in total. The van der Waals surface area contributed by atoms with E-state index in [-0.39, 0.29) is 0 Å². The molecule has 0 rings (SSSR count). The van der Waals surface area contributed by atoms with Crippen LogP contribution in [-0.2, 0) is 4.74 Å². The van der Waals surface area contributed by atoms with E-state index >= 15 is 0 Å². The molecule has 0 bridgehead atoms. The van der Waals surface area contributed by atoms with Crippen molar-refractivity contribution in [3.8, 4) is 0 Å². The van der Waals surface area contributed by atoms with E-state index in [0.29, 0.717) is 6.73 Å². The first kappa shape index (κ1) is 12.3. The van der Waals surface area contributed by atoms with E-state index in [4.69, 9.17) is 10.1 Å². The van der Waals surface area contributed by atoms with Gasteiger partial charge in [0.1, 0.15) is 6.73 Å². The van der Waals surface area contributed by atoms with Gasteiger partial charge in [-0.2, -0.15) is 0 Å². The van der Waals surface area contributed by atoms with E-state index in [1.807, 2.05) is 0 Å². The maximum atomic E-state index is 6.64. The van der Waals surface area contributed by atoms with Crippen molar-refractivity contribution in [2.75, 3.05) is 13.3 Å². The van der Waals surface area contributed by atoms with Gasteiger partial charge in [0, 0.05) is 14.7 Å². The zero-order chi connectivity index (χ0) is 10.2. The lowest BCUT2D eigenvalue weighted by Crippen LogP contribution is -2.21. The molecule has 0 spiro atoms. The molecule has 0 aromatic carbocycles. The number of aliphatic imine (C=N–C) groups is 1. The second kappa shape index (κ2) is 6.79. The summed E-state index contributed by atoms with van der Waals surface area (Å²) in [5.41, 5.74) is 0. The van der Waals surface area contributed by atoms with E-state index in [9.17, 15) is 0 Å². The Morgan fingerprint density at radius 3 is 2.69 bits per heavy atom. The summed E-state index contributed by atoms with van der Waals surface area (Å²) in [5, 5.41) is 9.17. The molecular formula is C8H19N3OSi. The molecule has 0 saturated carbocycles. The van der Waals surface area contributed by atoms with Crippen LogP contribution >= 0.6 is 0 Å². The summed E-state index contributed by atoms with van der Waals surface area (Å²) in [7, 11) is -0.961. The quantitative estimate of drug-likeness (QED) is 0.284. The van der Waals surface area contributed by atoms with E-state index in [1.54, 1.807) is 0 Å². The lowest BCUT2D eigenvalue weighted by molar-refractivity contribution is 0.155. The van der Waals surface area contributed by atoms with Crippen molar-refractivity contribution in [1.82, 2.24) is 5.32 Å². The fraction of sp³-hybridized carbons (Fsp3) is 0.750. The van der Waals surface area contributed by atoms with Crippen LogP contribution in [-0.4, -0.2) is 34.1 Å². The molecule has 0 aromatic heterocycles. The Bertz CT molecular complexity index is 165. The number of ether oxygens (including phenoxy) is 1. The van der Waals surface area contributed by atoms with Gasteiger partial charge >= 0.3 is 0 Å². The molecule has 0 aliphatic rings. The predicted octanol–water partition coefficient (Wildman–Crippen LogP) is 1.52. The molecule has 0 fully saturated rings. The SMILES string of the molecule is C[Si](C)(C)CCOCN=CNC=N. The van der Waals surface area contributed by atoms with Crippen LogP contribution < -0.4 is 5.32 Å². The molecule has 0 aromatic rings. The number of hydrogen-bond acceptors (Lipinski definition) is 3. The topological polar surface area (TPSA) is 57.5 Å². The fourth-order valence-electron chi connectivity index (χ4n) is 0.623. The Morgan fingerprint density at radius 2 is 2.15 bits per heavy atom. The highest BCUT2D eigenvalue weighted by Gasteiger charge is 2.11. The summed E-state index contributed by atoms with van der Waals surface area (Å²) in [4.78, 5) is 3.89. The molecule has 4 nitrogen and oxygen atoms in total. The van der Waals surface area contributed by atoms with Crippen molar-refractivity contribution in [3.05, 3.63) is 0 Å². The third-order valence-corrected chi connectivity index (χ3v) is 3.12. The van der Waals surface area contributed by atoms with Gasteiger partial charge in [-0.1, -0.05) is 19.6 Å². The van der Waals surface area contributed by atoms with Gasteiger partial charge in [0.25, 0.3) is 0 Å². The molecular weight excluding hydrogens is 182 g/mol. The maximum absolute atomic E-state index is 6.64. The van der Waals surface area contributed by atoms with E-state index < -0.39 is 8.07 Å². The smallest absolute Gasteiger partial charge is 0.139 e. The average molecular weight is 201 g/mol. The minimum absolute atomic E-state index is 0.380. The molecule has 76 valence electrons. The number of hydrogen-bond donors (Lipinski definition) is 2. The van der Waals surface area contributed by atoms with Crippen LogP contribution in [0.25, 0.3) is 0 Å². The van der Waals surface area contributed by atoms with E-state index in [1.165, 1.54) is 12.4 Å². The minimum Gasteiger partial charge on any atom is -0.360 e. The van der Waals surface area contributed by atoms with Crippen LogP contribution in [0, 0.1) is 5.41 Å². The lowest BCUT2D eigenvalue weighted by Gasteiger charge is -2.14. The van der Waals surface area contributed by atoms with Crippen molar-refractivity contribution < 1.29 is 4.74 Å². The third-order valence-electron chi connectivity index (χ3n) is 1.41. The van der Waals surface area contributed by atoms with Crippen molar-refractivity contribution in [2.45, 2.75) is 25.7 Å². The van der Waals surface area contributed by atoms with Gasteiger partial charge in [0.15, 0.2) is 0 Å². The Labute approximate surface area is 80.9 Å². The van der Waals surface area contributed by atoms with Crippen LogP contribution in [0.3, 0.4) is 0 Å². The van der Waals surface area contributed by atoms with Crippen LogP contribution in [0.5, 0.6) is 0 Å². The van der Waals surface area contributed by atoms with Gasteiger partial charge in [-0.3, -0.25) is 5.41 Å². The monoisotopic (exact) mass is 201 g/mol. The Hall–Kier alpha value is -0.683. The van der Waals surface area contributed by atoms with E-state index in [0.717, 1.165) is 12.9 Å². The summed E-state index contributed by atoms with van der Waals surface area (Å²) in [6.45, 7) is 8.12. The number of nitrogens with one attached hydrogen (secondary N) is 2. The first-order chi connectivity index (χ1) is 6.06. The highest BCUT2D eigenvalue weighted by Crippen LogP contribution is 2.07. The van der Waals surface area contributed by atoms with Gasteiger partial charge in [0.05, 0.1) is 12.7 Å². The number of nitrogens with zero attached hydrogens (tertiary/aromatic N) is 1. The highest BCUT2D eigenvalue weighted by molar-refractivity contribution is 6.76. The summed E-state index contributed by atoms with van der Waals surface area (Å²) in [6, 6.07) is 1.17. The first-order valence-corrected chi connectivity index (χ1v) is 8.08. The molecule has 0 atom stereocenters. The molecule has 0 unspecified atom stereocenters. The molecule has 13 heavy (non-hydrogen) atoms. The maximum Gasteiger partial charge on any atom is 0.139 e. The highest BCUT2D eigenvalue weighted by atomic mass is 28.3. The molecule has 0 amide bonds. The average Bonchev–Trinajstić information content (AvgIpc) is 2.01. The first-order valence-electron chi connectivity index (χ1n) is 4.37. The Morgan fingerprint density at radius 1 is 1.46 bits per heavy atom. The van der Waals surface area contributed by atoms with Crippen LogP contribution in [0.1, 0.15) is 0 Å². The summed E-state index contributed by atoms with van der Waals surface area (Å²) in [5.74, 6) is 0. The molecule has 0 heterocycles. The Balaban J connectivity index is 3.22. The van der Waals surface area contributed by atoms with Gasteiger partial charge in [-0.05, 0) is 6.04 Å². The second-order valence-corrected chi connectivity index (χ2v) is 9.59. The predicted molar refractivity (Wildman–Crippen MR) is 59.4 cm³/mol. The zero-order valence-electron chi connectivity index (χ0n) is 8.63. The minimum atomic E-state index is -0.961. The normalized spacial score (nSPS) is 11.9. The molecule has 0 aliphatic heterocycles. The van der Waals surface area contributed by atoms with Crippen molar-refractivity contribution >= 4 is 20.8 Å². The lowest BCUT2D eigenvalue weighted by atomic mass is 10.8. The van der Waals surface area contributed by atoms with Crippen LogP contribution in [0.2, 0.25) is 25.7 Å². The molecule has 0 saturated heterocycles. The van der Waals surface area contributed by atoms with Gasteiger partial charge < -0.3 is 10.1 Å². The fourth-order valence-corrected chi connectivity index (χ4v) is 1.38. The largest absolute Gasteiger partial charge is 0.360 e. The molecule has 5 heteroatoms. The summed E-state index contributed by atoms with van der Waals surface area (Å²) in [6.07, 6.45) is 2.53. The van der Waals surface area contributed by atoms with Crippen molar-refractivity contribution in [2.24, 2.45) is 4.99 Å². The number of rotatable bonds is 7. The van der Waals surface area contributed by atoms with Crippen LogP contribution in [0.15, 0.2) is 4.99 Å². The molecule has 0 radical (unpaired) electrons. The summed E-state index contributed by atoms with van der Waals surface area (Å²) >= 11 is 0. The third kappa shape index (κ3) is 11.3.